The van der Waals surface area contributed by atoms with E-state index in [0.717, 1.165) is 16.9 Å². The molecule has 33 heavy (non-hydrogen) atoms. The summed E-state index contributed by atoms with van der Waals surface area (Å²) in [5, 5.41) is 15.2. The first-order valence-electron chi connectivity index (χ1n) is 11.2. The van der Waals surface area contributed by atoms with E-state index in [-0.39, 0.29) is 17.3 Å². The summed E-state index contributed by atoms with van der Waals surface area (Å²) in [4.78, 5) is 11.4. The molecule has 1 atom stereocenters. The molecule has 0 radical (unpaired) electrons. The third-order valence-corrected chi connectivity index (χ3v) is 7.41. The van der Waals surface area contributed by atoms with Crippen LogP contribution in [0.2, 0.25) is 0 Å². The molecule has 5 nitrogen and oxygen atoms in total. The van der Waals surface area contributed by atoms with Gasteiger partial charge >= 0.3 is 5.97 Å². The molecule has 0 saturated carbocycles. The minimum atomic E-state index is -0.912. The quantitative estimate of drug-likeness (QED) is 0.206. The van der Waals surface area contributed by atoms with Crippen molar-refractivity contribution in [2.75, 3.05) is 0 Å². The second-order valence-electron chi connectivity index (χ2n) is 9.91. The van der Waals surface area contributed by atoms with Crippen molar-refractivity contribution >= 4 is 22.8 Å². The Morgan fingerprint density at radius 3 is 2.36 bits per heavy atom. The number of thioether (sulfide) groups is 1. The zero-order chi connectivity index (χ0) is 24.2. The lowest BCUT2D eigenvalue weighted by atomic mass is 9.63. The molecule has 3 N–H and O–H groups in total. The monoisotopic (exact) mass is 466 g/mol. The lowest BCUT2D eigenvalue weighted by Gasteiger charge is -2.42. The number of carbonyl (C=O) groups is 1. The normalized spacial score (nSPS) is 17.6. The van der Waals surface area contributed by atoms with Crippen LogP contribution >= 0.6 is 11.8 Å². The number of benzene rings is 2. The number of nitrogens with two attached hydrogens (primary N) is 1. The molecule has 2 aromatic carbocycles. The second-order valence-corrected chi connectivity index (χ2v) is 10.9. The topological polar surface area (TPSA) is 84.9 Å². The Morgan fingerprint density at radius 2 is 1.79 bits per heavy atom. The van der Waals surface area contributed by atoms with E-state index in [1.807, 2.05) is 24.3 Å². The highest BCUT2D eigenvalue weighted by molar-refractivity contribution is 8.16. The van der Waals surface area contributed by atoms with E-state index in [2.05, 4.69) is 57.6 Å². The van der Waals surface area contributed by atoms with Gasteiger partial charge in [-0.1, -0.05) is 76.4 Å². The van der Waals surface area contributed by atoms with Crippen LogP contribution < -0.4 is 10.6 Å². The van der Waals surface area contributed by atoms with Crippen LogP contribution in [0.15, 0.2) is 59.6 Å². The molecule has 0 aliphatic heterocycles. The van der Waals surface area contributed by atoms with Crippen molar-refractivity contribution in [1.82, 2.24) is 0 Å². The van der Waals surface area contributed by atoms with Crippen LogP contribution in [0.4, 0.5) is 0 Å². The third kappa shape index (κ3) is 5.80. The summed E-state index contributed by atoms with van der Waals surface area (Å²) in [6.45, 7) is 13.4. The first-order chi connectivity index (χ1) is 15.6. The molecule has 0 aromatic heterocycles. The van der Waals surface area contributed by atoms with Gasteiger partial charge in [0.25, 0.3) is 0 Å². The van der Waals surface area contributed by atoms with Crippen LogP contribution in [0.25, 0.3) is 0 Å². The fourth-order valence-corrected chi connectivity index (χ4v) is 5.11. The van der Waals surface area contributed by atoms with Crippen LogP contribution in [0.5, 0.6) is 5.75 Å². The number of fused-ring (bicyclic) bond motifs is 1. The first-order valence-corrected chi connectivity index (χ1v) is 12.1. The van der Waals surface area contributed by atoms with Crippen LogP contribution in [-0.2, 0) is 22.2 Å². The number of carboxylic acids is 1. The van der Waals surface area contributed by atoms with Gasteiger partial charge in [-0.15, -0.1) is 0 Å². The molecule has 0 saturated heterocycles. The van der Waals surface area contributed by atoms with Gasteiger partial charge in [0.1, 0.15) is 17.4 Å². The lowest BCUT2D eigenvalue weighted by molar-refractivity contribution is -0.137. The first kappa shape index (κ1) is 24.9. The number of rotatable bonds is 8. The SMILES string of the molecule is C=CS/C(=N\N)[C@H](CC(=O)O)c1ccc(OCc2ccc3c(c2)C(C)(C)CCC3(C)C)cc1. The van der Waals surface area contributed by atoms with Crippen molar-refractivity contribution in [2.24, 2.45) is 10.9 Å². The van der Waals surface area contributed by atoms with E-state index in [4.69, 9.17) is 10.6 Å². The van der Waals surface area contributed by atoms with Crippen molar-refractivity contribution in [3.05, 3.63) is 76.7 Å². The van der Waals surface area contributed by atoms with Crippen molar-refractivity contribution in [1.29, 1.82) is 0 Å². The fourth-order valence-electron chi connectivity index (χ4n) is 4.50. The van der Waals surface area contributed by atoms with Crippen LogP contribution in [-0.4, -0.2) is 16.1 Å². The van der Waals surface area contributed by atoms with E-state index < -0.39 is 11.9 Å². The zero-order valence-corrected chi connectivity index (χ0v) is 20.7. The molecule has 0 spiro atoms. The van der Waals surface area contributed by atoms with Gasteiger partial charge in [0.15, 0.2) is 0 Å². The Labute approximate surface area is 201 Å². The van der Waals surface area contributed by atoms with Crippen LogP contribution in [0, 0.1) is 0 Å². The maximum atomic E-state index is 11.4. The molecule has 0 bridgehead atoms. The number of hydrogen-bond acceptors (Lipinski definition) is 5. The molecule has 2 aromatic rings. The number of aliphatic carboxylic acids is 1. The predicted molar refractivity (Wildman–Crippen MR) is 137 cm³/mol. The highest BCUT2D eigenvalue weighted by atomic mass is 32.2. The van der Waals surface area contributed by atoms with Gasteiger partial charge in [-0.05, 0) is 63.5 Å². The minimum absolute atomic E-state index is 0.0989. The van der Waals surface area contributed by atoms with Gasteiger partial charge in [-0.3, -0.25) is 4.79 Å². The highest BCUT2D eigenvalue weighted by Gasteiger charge is 2.36. The second kappa shape index (κ2) is 10.0. The Hall–Kier alpha value is -2.73. The largest absolute Gasteiger partial charge is 0.489 e. The van der Waals surface area contributed by atoms with Crippen molar-refractivity contribution < 1.29 is 14.6 Å². The van der Waals surface area contributed by atoms with E-state index in [1.165, 1.54) is 35.7 Å². The average molecular weight is 467 g/mol. The standard InChI is InChI=1S/C27H34N2O3S/c1-6-33-25(29-28)21(16-24(30)31)19-8-10-20(11-9-19)32-17-18-7-12-22-23(15-18)27(4,5)14-13-26(22,2)3/h6-12,15,21H,1,13-14,16-17,28H2,2-5H3,(H,30,31)/b29-25-/t21-/m1/s1. The van der Waals surface area contributed by atoms with Gasteiger partial charge in [0, 0.05) is 5.92 Å². The number of ether oxygens (including phenoxy) is 1. The molecule has 3 rings (SSSR count). The Morgan fingerprint density at radius 1 is 1.15 bits per heavy atom. The summed E-state index contributed by atoms with van der Waals surface area (Å²) < 4.78 is 6.06. The molecule has 1 aliphatic carbocycles. The summed E-state index contributed by atoms with van der Waals surface area (Å²) in [6.07, 6.45) is 2.27. The molecule has 0 heterocycles. The summed E-state index contributed by atoms with van der Waals surface area (Å²) in [5.74, 6) is 4.88. The molecule has 1 aliphatic rings. The van der Waals surface area contributed by atoms with E-state index >= 15 is 0 Å². The molecule has 176 valence electrons. The van der Waals surface area contributed by atoms with Crippen LogP contribution in [0.3, 0.4) is 0 Å². The molecular formula is C27H34N2O3S. The molecule has 0 fully saturated rings. The zero-order valence-electron chi connectivity index (χ0n) is 19.9. The van der Waals surface area contributed by atoms with Gasteiger partial charge in [-0.25, -0.2) is 0 Å². The predicted octanol–water partition coefficient (Wildman–Crippen LogP) is 6.32. The third-order valence-electron chi connectivity index (χ3n) is 6.61. The lowest BCUT2D eigenvalue weighted by Crippen LogP contribution is -2.33. The van der Waals surface area contributed by atoms with Gasteiger partial charge in [-0.2, -0.15) is 5.10 Å². The summed E-state index contributed by atoms with van der Waals surface area (Å²) in [7, 11) is 0. The van der Waals surface area contributed by atoms with Gasteiger partial charge in [0.05, 0.1) is 6.42 Å². The Kier molecular flexibility index (Phi) is 7.58. The maximum Gasteiger partial charge on any atom is 0.304 e. The summed E-state index contributed by atoms with van der Waals surface area (Å²) in [6, 6.07) is 14.2. The Bertz CT molecular complexity index is 1040. The van der Waals surface area contributed by atoms with Gasteiger partial charge < -0.3 is 15.7 Å². The molecule has 0 amide bonds. The molecule has 0 unspecified atom stereocenters. The smallest absolute Gasteiger partial charge is 0.304 e. The fraction of sp³-hybridized carbons (Fsp3) is 0.407. The van der Waals surface area contributed by atoms with Crippen LogP contribution in [0.1, 0.15) is 75.1 Å². The summed E-state index contributed by atoms with van der Waals surface area (Å²) in [5.41, 5.74) is 5.18. The number of nitrogens with zero attached hydrogens (tertiary/aromatic N) is 1. The number of hydrazone groups is 1. The van der Waals surface area contributed by atoms with E-state index in [1.54, 1.807) is 5.41 Å². The van der Waals surface area contributed by atoms with Crippen molar-refractivity contribution in [3.63, 3.8) is 0 Å². The highest BCUT2D eigenvalue weighted by Crippen LogP contribution is 2.46. The van der Waals surface area contributed by atoms with Crippen molar-refractivity contribution in [3.8, 4) is 5.75 Å². The molecule has 6 heteroatoms. The van der Waals surface area contributed by atoms with Gasteiger partial charge in [0.2, 0.25) is 0 Å². The average Bonchev–Trinajstić information content (AvgIpc) is 2.78. The molecular weight excluding hydrogens is 432 g/mol. The maximum absolute atomic E-state index is 11.4. The number of hydrogen-bond donors (Lipinski definition) is 2. The minimum Gasteiger partial charge on any atom is -0.489 e. The Balaban J connectivity index is 1.75. The number of carboxylic acid groups (broad SMARTS) is 1. The van der Waals surface area contributed by atoms with E-state index in [9.17, 15) is 9.90 Å². The van der Waals surface area contributed by atoms with Crippen molar-refractivity contribution in [2.45, 2.75) is 70.3 Å². The van der Waals surface area contributed by atoms with E-state index in [0.29, 0.717) is 11.7 Å². The summed E-state index contributed by atoms with van der Waals surface area (Å²) >= 11 is 1.24.